The first-order chi connectivity index (χ1) is 12.3. The maximum Gasteiger partial charge on any atom is 0.180 e. The smallest absolute Gasteiger partial charge is 0.180 e. The van der Waals surface area contributed by atoms with Crippen molar-refractivity contribution in [3.8, 4) is 11.5 Å². The molecule has 1 fully saturated rings. The summed E-state index contributed by atoms with van der Waals surface area (Å²) in [4.78, 5) is 6.93. The molecule has 2 aromatic rings. The zero-order valence-corrected chi connectivity index (χ0v) is 14.5. The van der Waals surface area contributed by atoms with E-state index in [1.54, 1.807) is 0 Å². The Bertz CT molecular complexity index is 718. The number of hydrogen-bond acceptors (Lipinski definition) is 6. The molecule has 1 N–H and O–H groups in total. The predicted molar refractivity (Wildman–Crippen MR) is 91.8 cm³/mol. The number of fused-ring (bicyclic) bond motifs is 1. The number of ether oxygens (including phenoxy) is 3. The molecule has 0 unspecified atom stereocenters. The predicted octanol–water partition coefficient (Wildman–Crippen LogP) is 2.10. The minimum atomic E-state index is -0.0905. The van der Waals surface area contributed by atoms with E-state index in [0.29, 0.717) is 19.8 Å². The average Bonchev–Trinajstić information content (AvgIpc) is 3.11. The summed E-state index contributed by atoms with van der Waals surface area (Å²) < 4.78 is 17.4. The van der Waals surface area contributed by atoms with Crippen molar-refractivity contribution in [2.45, 2.75) is 32.4 Å². The summed E-state index contributed by atoms with van der Waals surface area (Å²) in [6.07, 6.45) is 1.87. The molecule has 1 aromatic carbocycles. The van der Waals surface area contributed by atoms with E-state index in [-0.39, 0.29) is 6.10 Å². The second-order valence-corrected chi connectivity index (χ2v) is 6.43. The van der Waals surface area contributed by atoms with E-state index in [4.69, 9.17) is 14.2 Å². The molecule has 0 saturated carbocycles. The van der Waals surface area contributed by atoms with Crippen molar-refractivity contribution in [3.63, 3.8) is 0 Å². The topological polar surface area (TPSA) is 72.5 Å². The van der Waals surface area contributed by atoms with Crippen LogP contribution in [0.3, 0.4) is 0 Å². The highest BCUT2D eigenvalue weighted by atomic mass is 16.6. The summed E-state index contributed by atoms with van der Waals surface area (Å²) in [5.74, 6) is 3.40. The summed E-state index contributed by atoms with van der Waals surface area (Å²) in [5.41, 5.74) is 1.15. The fraction of sp³-hybridized carbons (Fsp3) is 0.556. The number of aromatic nitrogens is 3. The van der Waals surface area contributed by atoms with Crippen LogP contribution in [-0.2, 0) is 17.7 Å². The first-order valence-electron chi connectivity index (χ1n) is 8.96. The van der Waals surface area contributed by atoms with E-state index >= 15 is 0 Å². The first-order valence-corrected chi connectivity index (χ1v) is 8.96. The Balaban J connectivity index is 1.45. The molecule has 25 heavy (non-hydrogen) atoms. The molecule has 3 heterocycles. The lowest BCUT2D eigenvalue weighted by Crippen LogP contribution is -2.38. The molecule has 1 saturated heterocycles. The van der Waals surface area contributed by atoms with Crippen LogP contribution in [0.2, 0.25) is 0 Å². The summed E-state index contributed by atoms with van der Waals surface area (Å²) in [6.45, 7) is 6.48. The Morgan fingerprint density at radius 3 is 3.08 bits per heavy atom. The van der Waals surface area contributed by atoms with E-state index in [2.05, 4.69) is 33.1 Å². The third-order valence-corrected chi connectivity index (χ3v) is 4.52. The SMILES string of the molecule is CCCc1nc([C@@H]2CN(Cc3cccc4c3OCCO4)CCO2)n[nH]1. The summed E-state index contributed by atoms with van der Waals surface area (Å²) in [6, 6.07) is 6.08. The van der Waals surface area contributed by atoms with Gasteiger partial charge >= 0.3 is 0 Å². The summed E-state index contributed by atoms with van der Waals surface area (Å²) in [5, 5.41) is 7.35. The lowest BCUT2D eigenvalue weighted by molar-refractivity contribution is -0.0373. The molecule has 7 nitrogen and oxygen atoms in total. The molecular weight excluding hydrogens is 320 g/mol. The second kappa shape index (κ2) is 7.41. The summed E-state index contributed by atoms with van der Waals surface area (Å²) >= 11 is 0. The minimum absolute atomic E-state index is 0.0905. The molecule has 4 rings (SSSR count). The van der Waals surface area contributed by atoms with Gasteiger partial charge in [-0.1, -0.05) is 19.1 Å². The molecular formula is C18H24N4O3. The lowest BCUT2D eigenvalue weighted by Gasteiger charge is -2.32. The van der Waals surface area contributed by atoms with Crippen molar-refractivity contribution in [3.05, 3.63) is 35.4 Å². The minimum Gasteiger partial charge on any atom is -0.486 e. The number of morpholine rings is 1. The maximum absolute atomic E-state index is 5.89. The van der Waals surface area contributed by atoms with E-state index in [0.717, 1.165) is 61.2 Å². The van der Waals surface area contributed by atoms with Gasteiger partial charge in [0.15, 0.2) is 17.3 Å². The molecule has 0 amide bonds. The van der Waals surface area contributed by atoms with Crippen LogP contribution in [0.1, 0.15) is 36.7 Å². The summed E-state index contributed by atoms with van der Waals surface area (Å²) in [7, 11) is 0. The van der Waals surface area contributed by atoms with Crippen LogP contribution in [0.15, 0.2) is 18.2 Å². The monoisotopic (exact) mass is 344 g/mol. The molecule has 7 heteroatoms. The highest BCUT2D eigenvalue weighted by Gasteiger charge is 2.26. The van der Waals surface area contributed by atoms with Crippen molar-refractivity contribution in [1.82, 2.24) is 20.1 Å². The number of H-pyrrole nitrogens is 1. The highest BCUT2D eigenvalue weighted by molar-refractivity contribution is 5.47. The van der Waals surface area contributed by atoms with E-state index in [1.807, 2.05) is 12.1 Å². The Morgan fingerprint density at radius 1 is 1.24 bits per heavy atom. The molecule has 0 bridgehead atoms. The fourth-order valence-corrected chi connectivity index (χ4v) is 3.30. The normalized spacial score (nSPS) is 20.6. The number of rotatable bonds is 5. The molecule has 2 aliphatic rings. The van der Waals surface area contributed by atoms with Gasteiger partial charge in [0.2, 0.25) is 0 Å². The van der Waals surface area contributed by atoms with Crippen LogP contribution in [-0.4, -0.2) is 53.0 Å². The van der Waals surface area contributed by atoms with Crippen molar-refractivity contribution in [2.24, 2.45) is 0 Å². The number of nitrogens with one attached hydrogen (secondary N) is 1. The lowest BCUT2D eigenvalue weighted by atomic mass is 10.1. The maximum atomic E-state index is 5.89. The number of aryl methyl sites for hydroxylation is 1. The zero-order chi connectivity index (χ0) is 17.1. The average molecular weight is 344 g/mol. The molecule has 0 spiro atoms. The molecule has 2 aliphatic heterocycles. The van der Waals surface area contributed by atoms with Gasteiger partial charge in [0.1, 0.15) is 25.1 Å². The standard InChI is InChI=1S/C18H24N4O3/c1-2-4-16-19-18(21-20-16)15-12-22(7-8-23-15)11-13-5-3-6-14-17(13)25-10-9-24-14/h3,5-6,15H,2,4,7-12H2,1H3,(H,19,20,21)/t15-/m0/s1. The number of benzene rings is 1. The van der Waals surface area contributed by atoms with E-state index in [9.17, 15) is 0 Å². The van der Waals surface area contributed by atoms with Crippen molar-refractivity contribution < 1.29 is 14.2 Å². The number of nitrogens with zero attached hydrogens (tertiary/aromatic N) is 3. The molecule has 0 aliphatic carbocycles. The molecule has 1 atom stereocenters. The van der Waals surface area contributed by atoms with E-state index in [1.165, 1.54) is 0 Å². The van der Waals surface area contributed by atoms with Gasteiger partial charge in [-0.05, 0) is 12.5 Å². The molecule has 0 radical (unpaired) electrons. The number of hydrogen-bond donors (Lipinski definition) is 1. The third-order valence-electron chi connectivity index (χ3n) is 4.52. The van der Waals surface area contributed by atoms with Gasteiger partial charge in [-0.25, -0.2) is 4.98 Å². The van der Waals surface area contributed by atoms with Gasteiger partial charge in [0.25, 0.3) is 0 Å². The van der Waals surface area contributed by atoms with Crippen LogP contribution in [0.5, 0.6) is 11.5 Å². The van der Waals surface area contributed by atoms with Gasteiger partial charge in [-0.3, -0.25) is 10.00 Å². The Labute approximate surface area is 147 Å². The third kappa shape index (κ3) is 3.62. The van der Waals surface area contributed by atoms with E-state index < -0.39 is 0 Å². The highest BCUT2D eigenvalue weighted by Crippen LogP contribution is 2.34. The van der Waals surface area contributed by atoms with Crippen molar-refractivity contribution in [1.29, 1.82) is 0 Å². The van der Waals surface area contributed by atoms with Gasteiger partial charge in [0, 0.05) is 31.6 Å². The Hall–Kier alpha value is -2.12. The van der Waals surface area contributed by atoms with Gasteiger partial charge in [0.05, 0.1) is 6.61 Å². The van der Waals surface area contributed by atoms with Gasteiger partial charge in [-0.2, -0.15) is 5.10 Å². The van der Waals surface area contributed by atoms with Crippen molar-refractivity contribution >= 4 is 0 Å². The van der Waals surface area contributed by atoms with Crippen LogP contribution in [0.25, 0.3) is 0 Å². The number of para-hydroxylation sites is 1. The molecule has 134 valence electrons. The quantitative estimate of drug-likeness (QED) is 0.896. The van der Waals surface area contributed by atoms with Crippen LogP contribution < -0.4 is 9.47 Å². The zero-order valence-electron chi connectivity index (χ0n) is 14.5. The fourth-order valence-electron chi connectivity index (χ4n) is 3.30. The van der Waals surface area contributed by atoms with Crippen LogP contribution in [0, 0.1) is 0 Å². The first kappa shape index (κ1) is 16.4. The second-order valence-electron chi connectivity index (χ2n) is 6.43. The Morgan fingerprint density at radius 2 is 2.16 bits per heavy atom. The van der Waals surface area contributed by atoms with Crippen LogP contribution in [0.4, 0.5) is 0 Å². The number of aromatic amines is 1. The Kier molecular flexibility index (Phi) is 4.85. The van der Waals surface area contributed by atoms with Crippen LogP contribution >= 0.6 is 0 Å². The van der Waals surface area contributed by atoms with Gasteiger partial charge in [-0.15, -0.1) is 0 Å². The van der Waals surface area contributed by atoms with Crippen molar-refractivity contribution in [2.75, 3.05) is 32.9 Å². The van der Waals surface area contributed by atoms with Gasteiger partial charge < -0.3 is 14.2 Å². The molecule has 1 aromatic heterocycles. The largest absolute Gasteiger partial charge is 0.486 e.